The van der Waals surface area contributed by atoms with Crippen molar-refractivity contribution in [2.45, 2.75) is 132 Å². The van der Waals surface area contributed by atoms with Gasteiger partial charge in [-0.2, -0.15) is 0 Å². The Hall–Kier alpha value is -0.830. The Labute approximate surface area is 214 Å². The highest BCUT2D eigenvalue weighted by molar-refractivity contribution is 5.82. The number of fused-ring (bicyclic) bond motifs is 6. The van der Waals surface area contributed by atoms with Crippen molar-refractivity contribution < 1.29 is 14.6 Å². The normalized spacial score (nSPS) is 48.2. The zero-order chi connectivity index (χ0) is 25.7. The number of rotatable bonds is 2. The minimum atomic E-state index is -0.373. The molecule has 0 bridgehead atoms. The van der Waals surface area contributed by atoms with Crippen molar-refractivity contribution in [3.05, 3.63) is 11.1 Å². The summed E-state index contributed by atoms with van der Waals surface area (Å²) in [6.07, 6.45) is 12.0. The summed E-state index contributed by atoms with van der Waals surface area (Å²) in [4.78, 5) is 13.6. The Bertz CT molecular complexity index is 929. The van der Waals surface area contributed by atoms with E-state index < -0.39 is 0 Å². The van der Waals surface area contributed by atoms with E-state index in [1.54, 1.807) is 5.57 Å². The van der Waals surface area contributed by atoms with Gasteiger partial charge in [0.05, 0.1) is 18.1 Å². The van der Waals surface area contributed by atoms with Crippen LogP contribution < -0.4 is 0 Å². The molecule has 5 aliphatic rings. The van der Waals surface area contributed by atoms with E-state index in [2.05, 4.69) is 48.5 Å². The highest BCUT2D eigenvalue weighted by Gasteiger charge is 2.68. The van der Waals surface area contributed by atoms with Gasteiger partial charge in [0.1, 0.15) is 0 Å². The van der Waals surface area contributed by atoms with Crippen LogP contribution in [0.5, 0.6) is 0 Å². The first-order chi connectivity index (χ1) is 16.2. The van der Waals surface area contributed by atoms with Crippen LogP contribution in [0.3, 0.4) is 0 Å². The number of hydrogen-bond donors (Lipinski definition) is 1. The summed E-state index contributed by atoms with van der Waals surface area (Å²) >= 11 is 0. The molecule has 3 heteroatoms. The predicted octanol–water partition coefficient (Wildman–Crippen LogP) is 7.86. The van der Waals surface area contributed by atoms with Crippen LogP contribution in [0.15, 0.2) is 11.1 Å². The summed E-state index contributed by atoms with van der Waals surface area (Å²) in [5.41, 5.74) is 3.71. The molecule has 0 aromatic rings. The molecule has 4 fully saturated rings. The molecule has 35 heavy (non-hydrogen) atoms. The van der Waals surface area contributed by atoms with E-state index >= 15 is 0 Å². The SMILES string of the molecule is CCOC(=O)[C@]12CCC(C)(C)CC1=C1CCC3[C@@]4(C)CC[C@H](O)C(C)(C)C4CC[C@@]3(C)[C@]1(C)CC2. The smallest absolute Gasteiger partial charge is 0.316 e. The Balaban J connectivity index is 1.61. The van der Waals surface area contributed by atoms with Crippen molar-refractivity contribution in [1.29, 1.82) is 0 Å². The molecule has 3 nitrogen and oxygen atoms in total. The molecule has 0 aromatic carbocycles. The molecular formula is C32H52O3. The van der Waals surface area contributed by atoms with Crippen LogP contribution in [-0.2, 0) is 9.53 Å². The average Bonchev–Trinajstić information content (AvgIpc) is 2.77. The lowest BCUT2D eigenvalue weighted by Gasteiger charge is -2.71. The third kappa shape index (κ3) is 3.28. The van der Waals surface area contributed by atoms with Gasteiger partial charge in [-0.3, -0.25) is 4.79 Å². The van der Waals surface area contributed by atoms with E-state index in [1.807, 2.05) is 6.92 Å². The molecule has 4 saturated carbocycles. The Kier molecular flexibility index (Phi) is 5.78. The number of carbonyl (C=O) groups is 1. The number of aliphatic hydroxyl groups excluding tert-OH is 1. The summed E-state index contributed by atoms with van der Waals surface area (Å²) < 4.78 is 5.78. The Morgan fingerprint density at radius 3 is 2.23 bits per heavy atom. The first-order valence-corrected chi connectivity index (χ1v) is 14.8. The number of allylic oxidation sites excluding steroid dienone is 1. The number of ether oxygens (including phenoxy) is 1. The molecule has 0 amide bonds. The Morgan fingerprint density at radius 2 is 1.54 bits per heavy atom. The number of hydrogen-bond acceptors (Lipinski definition) is 3. The molecular weight excluding hydrogens is 432 g/mol. The van der Waals surface area contributed by atoms with Crippen LogP contribution in [0.4, 0.5) is 0 Å². The zero-order valence-electron chi connectivity index (χ0n) is 24.0. The fourth-order valence-electron chi connectivity index (χ4n) is 10.8. The lowest BCUT2D eigenvalue weighted by Crippen LogP contribution is -2.64. The Morgan fingerprint density at radius 1 is 0.857 bits per heavy atom. The van der Waals surface area contributed by atoms with E-state index in [9.17, 15) is 9.90 Å². The largest absolute Gasteiger partial charge is 0.465 e. The van der Waals surface area contributed by atoms with Gasteiger partial charge in [-0.25, -0.2) is 0 Å². The van der Waals surface area contributed by atoms with Crippen molar-refractivity contribution in [3.63, 3.8) is 0 Å². The fourth-order valence-corrected chi connectivity index (χ4v) is 10.8. The first-order valence-electron chi connectivity index (χ1n) is 14.8. The molecule has 198 valence electrons. The third-order valence-corrected chi connectivity index (χ3v) is 13.2. The highest BCUT2D eigenvalue weighted by Crippen LogP contribution is 2.75. The molecule has 1 N–H and O–H groups in total. The lowest BCUT2D eigenvalue weighted by atomic mass is 9.34. The van der Waals surface area contributed by atoms with Crippen molar-refractivity contribution in [3.8, 4) is 0 Å². The maximum atomic E-state index is 13.6. The zero-order valence-corrected chi connectivity index (χ0v) is 24.0. The molecule has 0 saturated heterocycles. The summed E-state index contributed by atoms with van der Waals surface area (Å²) in [5.74, 6) is 1.33. The van der Waals surface area contributed by atoms with Crippen molar-refractivity contribution in [1.82, 2.24) is 0 Å². The summed E-state index contributed by atoms with van der Waals surface area (Å²) in [5, 5.41) is 10.9. The second-order valence-corrected chi connectivity index (χ2v) is 15.4. The minimum Gasteiger partial charge on any atom is -0.465 e. The number of esters is 1. The summed E-state index contributed by atoms with van der Waals surface area (Å²) in [6.45, 7) is 19.7. The van der Waals surface area contributed by atoms with Crippen molar-refractivity contribution in [2.75, 3.05) is 6.61 Å². The molecule has 0 spiro atoms. The van der Waals surface area contributed by atoms with Gasteiger partial charge in [-0.1, -0.05) is 59.6 Å². The van der Waals surface area contributed by atoms with Gasteiger partial charge >= 0.3 is 5.97 Å². The van der Waals surface area contributed by atoms with E-state index in [4.69, 9.17) is 4.74 Å². The molecule has 0 aliphatic heterocycles. The highest BCUT2D eigenvalue weighted by atomic mass is 16.5. The van der Waals surface area contributed by atoms with Gasteiger partial charge in [0, 0.05) is 0 Å². The molecule has 0 heterocycles. The topological polar surface area (TPSA) is 46.5 Å². The maximum absolute atomic E-state index is 13.6. The monoisotopic (exact) mass is 484 g/mol. The van der Waals surface area contributed by atoms with Gasteiger partial charge in [-0.05, 0) is 116 Å². The van der Waals surface area contributed by atoms with E-state index in [0.717, 1.165) is 51.4 Å². The van der Waals surface area contributed by atoms with Gasteiger partial charge in [0.25, 0.3) is 0 Å². The summed E-state index contributed by atoms with van der Waals surface area (Å²) in [6, 6.07) is 0. The van der Waals surface area contributed by atoms with Gasteiger partial charge in [0.15, 0.2) is 0 Å². The molecule has 0 radical (unpaired) electrons. The van der Waals surface area contributed by atoms with E-state index in [1.165, 1.54) is 24.8 Å². The number of aliphatic hydroxyl groups is 1. The summed E-state index contributed by atoms with van der Waals surface area (Å²) in [7, 11) is 0. The maximum Gasteiger partial charge on any atom is 0.316 e. The van der Waals surface area contributed by atoms with Crippen LogP contribution in [0.2, 0.25) is 0 Å². The van der Waals surface area contributed by atoms with Crippen molar-refractivity contribution >= 4 is 5.97 Å². The van der Waals surface area contributed by atoms with E-state index in [0.29, 0.717) is 18.4 Å². The molecule has 0 aromatic heterocycles. The number of carbonyl (C=O) groups excluding carboxylic acids is 1. The second kappa shape index (κ2) is 7.84. The minimum absolute atomic E-state index is 0.00694. The van der Waals surface area contributed by atoms with E-state index in [-0.39, 0.29) is 44.6 Å². The average molecular weight is 485 g/mol. The lowest BCUT2D eigenvalue weighted by molar-refractivity contribution is -0.205. The molecule has 7 atom stereocenters. The first kappa shape index (κ1) is 25.8. The van der Waals surface area contributed by atoms with Gasteiger partial charge in [-0.15, -0.1) is 0 Å². The van der Waals surface area contributed by atoms with Crippen LogP contribution in [-0.4, -0.2) is 23.8 Å². The van der Waals surface area contributed by atoms with Crippen LogP contribution in [0.1, 0.15) is 126 Å². The second-order valence-electron chi connectivity index (χ2n) is 15.4. The quantitative estimate of drug-likeness (QED) is 0.320. The van der Waals surface area contributed by atoms with Gasteiger partial charge in [0.2, 0.25) is 0 Å². The third-order valence-electron chi connectivity index (χ3n) is 13.2. The van der Waals surface area contributed by atoms with Crippen LogP contribution in [0, 0.1) is 44.3 Å². The van der Waals surface area contributed by atoms with Crippen molar-refractivity contribution in [2.24, 2.45) is 44.3 Å². The standard InChI is InChI=1S/C32H52O3/c1-9-35-26(34)32-18-16-27(2,3)20-22(32)21-10-11-24-29(6)14-13-25(33)28(4,5)23(29)12-15-31(24,8)30(21,7)17-19-32/h23-25,33H,9-20H2,1-8H3/t23?,24?,25-,29-,30+,31+,32-/m0/s1. The predicted molar refractivity (Wildman–Crippen MR) is 142 cm³/mol. The molecule has 5 rings (SSSR count). The van der Waals surface area contributed by atoms with Gasteiger partial charge < -0.3 is 9.84 Å². The fraction of sp³-hybridized carbons (Fsp3) is 0.906. The van der Waals surface area contributed by atoms with Crippen LogP contribution >= 0.6 is 0 Å². The molecule has 2 unspecified atom stereocenters. The molecule has 5 aliphatic carbocycles. The van der Waals surface area contributed by atoms with Crippen LogP contribution in [0.25, 0.3) is 0 Å².